The van der Waals surface area contributed by atoms with E-state index in [-0.39, 0.29) is 5.56 Å². The lowest BCUT2D eigenvalue weighted by molar-refractivity contribution is -0.143. The van der Waals surface area contributed by atoms with Crippen molar-refractivity contribution < 1.29 is 28.9 Å². The fourth-order valence-corrected chi connectivity index (χ4v) is 3.13. The first-order valence-corrected chi connectivity index (χ1v) is 7.08. The molecule has 1 aromatic carbocycles. The second kappa shape index (κ2) is 6.25. The normalized spacial score (nSPS) is 16.1. The minimum Gasteiger partial charge on any atom is -0.493 e. The summed E-state index contributed by atoms with van der Waals surface area (Å²) in [5.41, 5.74) is -0.328. The van der Waals surface area contributed by atoms with E-state index in [2.05, 4.69) is 0 Å². The summed E-state index contributed by atoms with van der Waals surface area (Å²) in [5.74, 6) is -0.763. The van der Waals surface area contributed by atoms with Crippen LogP contribution in [-0.2, 0) is 14.9 Å². The van der Waals surface area contributed by atoms with E-state index >= 15 is 0 Å². The molecule has 0 radical (unpaired) electrons. The standard InChI is InChI=1S/C16H20O6/c1-20-12-9-10(14(17)22-3)8-11(13(12)21-2)16(15(18)19)6-4-5-7-16/h8-9H,4-7H2,1-3H3,(H,18,19). The van der Waals surface area contributed by atoms with Crippen LogP contribution in [0.4, 0.5) is 0 Å². The molecule has 0 heterocycles. The third kappa shape index (κ3) is 2.49. The van der Waals surface area contributed by atoms with Crippen molar-refractivity contribution in [3.05, 3.63) is 23.3 Å². The Hall–Kier alpha value is -2.24. The van der Waals surface area contributed by atoms with Gasteiger partial charge in [0.2, 0.25) is 0 Å². The van der Waals surface area contributed by atoms with Crippen LogP contribution in [0.3, 0.4) is 0 Å². The lowest BCUT2D eigenvalue weighted by Crippen LogP contribution is -2.33. The van der Waals surface area contributed by atoms with Crippen molar-refractivity contribution in [2.45, 2.75) is 31.1 Å². The summed E-state index contributed by atoms with van der Waals surface area (Å²) < 4.78 is 15.4. The molecule has 1 aliphatic rings. The lowest BCUT2D eigenvalue weighted by atomic mass is 9.77. The van der Waals surface area contributed by atoms with Gasteiger partial charge in [0.25, 0.3) is 0 Å². The van der Waals surface area contributed by atoms with Crippen molar-refractivity contribution in [3.8, 4) is 11.5 Å². The Labute approximate surface area is 129 Å². The Balaban J connectivity index is 2.71. The van der Waals surface area contributed by atoms with Gasteiger partial charge in [0.15, 0.2) is 11.5 Å². The van der Waals surface area contributed by atoms with Gasteiger partial charge in [-0.3, -0.25) is 4.79 Å². The number of ether oxygens (including phenoxy) is 3. The van der Waals surface area contributed by atoms with Crippen LogP contribution in [0.2, 0.25) is 0 Å². The quantitative estimate of drug-likeness (QED) is 0.841. The smallest absolute Gasteiger partial charge is 0.337 e. The predicted octanol–water partition coefficient (Wildman–Crippen LogP) is 2.39. The van der Waals surface area contributed by atoms with Gasteiger partial charge in [0.05, 0.1) is 32.3 Å². The summed E-state index contributed by atoms with van der Waals surface area (Å²) in [4.78, 5) is 23.8. The molecule has 6 nitrogen and oxygen atoms in total. The van der Waals surface area contributed by atoms with Crippen LogP contribution in [0.5, 0.6) is 11.5 Å². The second-order valence-electron chi connectivity index (χ2n) is 5.35. The molecule has 6 heteroatoms. The number of hydrogen-bond acceptors (Lipinski definition) is 5. The minimum atomic E-state index is -1.05. The van der Waals surface area contributed by atoms with E-state index < -0.39 is 17.4 Å². The van der Waals surface area contributed by atoms with Crippen LogP contribution in [0.25, 0.3) is 0 Å². The molecule has 0 aromatic heterocycles. The molecule has 22 heavy (non-hydrogen) atoms. The number of hydrogen-bond donors (Lipinski definition) is 1. The van der Waals surface area contributed by atoms with E-state index in [9.17, 15) is 14.7 Å². The summed E-state index contributed by atoms with van der Waals surface area (Å²) in [7, 11) is 4.19. The fraction of sp³-hybridized carbons (Fsp3) is 0.500. The van der Waals surface area contributed by atoms with Crippen LogP contribution in [0.15, 0.2) is 12.1 Å². The van der Waals surface area contributed by atoms with Gasteiger partial charge in [-0.05, 0) is 25.0 Å². The largest absolute Gasteiger partial charge is 0.493 e. The van der Waals surface area contributed by atoms with Gasteiger partial charge in [0, 0.05) is 5.56 Å². The van der Waals surface area contributed by atoms with Gasteiger partial charge in [0.1, 0.15) is 0 Å². The molecule has 0 spiro atoms. The molecule has 2 rings (SSSR count). The number of carboxylic acid groups (broad SMARTS) is 1. The van der Waals surface area contributed by atoms with Gasteiger partial charge >= 0.3 is 11.9 Å². The Morgan fingerprint density at radius 3 is 2.18 bits per heavy atom. The molecule has 0 bridgehead atoms. The first-order chi connectivity index (χ1) is 10.5. The molecule has 0 atom stereocenters. The predicted molar refractivity (Wildman–Crippen MR) is 78.7 cm³/mol. The Bertz CT molecular complexity index is 587. The molecule has 1 aromatic rings. The number of esters is 1. The number of carbonyl (C=O) groups is 2. The van der Waals surface area contributed by atoms with Gasteiger partial charge in [-0.15, -0.1) is 0 Å². The molecule has 0 unspecified atom stereocenters. The number of carbonyl (C=O) groups excluding carboxylic acids is 1. The van der Waals surface area contributed by atoms with E-state index in [1.807, 2.05) is 0 Å². The summed E-state index contributed by atoms with van der Waals surface area (Å²) in [6.07, 6.45) is 2.65. The van der Waals surface area contributed by atoms with Gasteiger partial charge in [-0.25, -0.2) is 4.79 Å². The molecular formula is C16H20O6. The second-order valence-corrected chi connectivity index (χ2v) is 5.35. The van der Waals surface area contributed by atoms with Gasteiger partial charge in [-0.1, -0.05) is 12.8 Å². The van der Waals surface area contributed by atoms with Crippen LogP contribution >= 0.6 is 0 Å². The molecule has 0 saturated heterocycles. The molecule has 1 aliphatic carbocycles. The van der Waals surface area contributed by atoms with E-state index in [0.29, 0.717) is 29.9 Å². The first-order valence-electron chi connectivity index (χ1n) is 7.08. The van der Waals surface area contributed by atoms with E-state index in [1.54, 1.807) is 6.07 Å². The van der Waals surface area contributed by atoms with Crippen LogP contribution < -0.4 is 9.47 Å². The van der Waals surface area contributed by atoms with Crippen LogP contribution in [0.1, 0.15) is 41.6 Å². The molecule has 0 amide bonds. The van der Waals surface area contributed by atoms with E-state index in [4.69, 9.17) is 14.2 Å². The highest BCUT2D eigenvalue weighted by molar-refractivity contribution is 5.92. The van der Waals surface area contributed by atoms with Crippen molar-refractivity contribution >= 4 is 11.9 Å². The number of rotatable bonds is 5. The molecule has 0 aliphatic heterocycles. The molecular weight excluding hydrogens is 288 g/mol. The highest BCUT2D eigenvalue weighted by Gasteiger charge is 2.46. The number of methoxy groups -OCH3 is 3. The SMILES string of the molecule is COC(=O)c1cc(OC)c(OC)c(C2(C(=O)O)CCCC2)c1. The molecule has 120 valence electrons. The van der Waals surface area contributed by atoms with Gasteiger partial charge < -0.3 is 19.3 Å². The number of aliphatic carboxylic acids is 1. The van der Waals surface area contributed by atoms with E-state index in [1.165, 1.54) is 27.4 Å². The maximum absolute atomic E-state index is 11.9. The fourth-order valence-electron chi connectivity index (χ4n) is 3.13. The first kappa shape index (κ1) is 16.1. The third-order valence-corrected chi connectivity index (χ3v) is 4.28. The van der Waals surface area contributed by atoms with E-state index in [0.717, 1.165) is 12.8 Å². The lowest BCUT2D eigenvalue weighted by Gasteiger charge is -2.27. The Morgan fingerprint density at radius 1 is 1.09 bits per heavy atom. The molecule has 1 saturated carbocycles. The van der Waals surface area contributed by atoms with Crippen LogP contribution in [0, 0.1) is 0 Å². The zero-order valence-corrected chi connectivity index (χ0v) is 13.0. The number of carboxylic acids is 1. The highest BCUT2D eigenvalue weighted by Crippen LogP contribution is 2.48. The van der Waals surface area contributed by atoms with Crippen molar-refractivity contribution in [1.29, 1.82) is 0 Å². The number of benzene rings is 1. The minimum absolute atomic E-state index is 0.252. The molecule has 1 N–H and O–H groups in total. The van der Waals surface area contributed by atoms with Crippen molar-refractivity contribution in [2.24, 2.45) is 0 Å². The van der Waals surface area contributed by atoms with Crippen LogP contribution in [-0.4, -0.2) is 38.4 Å². The monoisotopic (exact) mass is 308 g/mol. The Kier molecular flexibility index (Phi) is 4.59. The third-order valence-electron chi connectivity index (χ3n) is 4.28. The van der Waals surface area contributed by atoms with Gasteiger partial charge in [-0.2, -0.15) is 0 Å². The topological polar surface area (TPSA) is 82.1 Å². The Morgan fingerprint density at radius 2 is 1.73 bits per heavy atom. The summed E-state index contributed by atoms with van der Waals surface area (Å²) in [6.45, 7) is 0. The van der Waals surface area contributed by atoms with Crippen molar-refractivity contribution in [2.75, 3.05) is 21.3 Å². The zero-order chi connectivity index (χ0) is 16.3. The average Bonchev–Trinajstić information content (AvgIpc) is 3.03. The maximum atomic E-state index is 11.9. The highest BCUT2D eigenvalue weighted by atomic mass is 16.5. The van der Waals surface area contributed by atoms with Crippen molar-refractivity contribution in [3.63, 3.8) is 0 Å². The summed E-state index contributed by atoms with van der Waals surface area (Å²) in [5, 5.41) is 9.77. The average molecular weight is 308 g/mol. The van der Waals surface area contributed by atoms with Crippen molar-refractivity contribution in [1.82, 2.24) is 0 Å². The molecule has 1 fully saturated rings. The maximum Gasteiger partial charge on any atom is 0.337 e. The summed E-state index contributed by atoms with van der Waals surface area (Å²) >= 11 is 0. The zero-order valence-electron chi connectivity index (χ0n) is 13.0. The summed E-state index contributed by atoms with van der Waals surface area (Å²) in [6, 6.07) is 3.05.